The van der Waals surface area contributed by atoms with Gasteiger partial charge in [0.25, 0.3) is 5.24 Å². The molecule has 0 bridgehead atoms. The van der Waals surface area contributed by atoms with Gasteiger partial charge in [0, 0.05) is 0 Å². The van der Waals surface area contributed by atoms with Crippen LogP contribution in [0, 0.1) is 12.8 Å². The Balaban J connectivity index is 3.03. The highest BCUT2D eigenvalue weighted by atomic mass is 35.5. The van der Waals surface area contributed by atoms with E-state index < -0.39 is 27.1 Å². The summed E-state index contributed by atoms with van der Waals surface area (Å²) in [7, 11) is -3.88. The Morgan fingerprint density at radius 1 is 1.19 bits per heavy atom. The average molecular weight is 332 g/mol. The second-order valence-corrected chi connectivity index (χ2v) is 7.31. The maximum absolute atomic E-state index is 12.2. The largest absolute Gasteiger partial charge is 0.289 e. The number of halogens is 1. The lowest BCUT2D eigenvalue weighted by atomic mass is 10.0. The van der Waals surface area contributed by atoms with Gasteiger partial charge in [0.15, 0.2) is 0 Å². The number of rotatable bonds is 7. The number of aryl methyl sites for hydroxylation is 1. The third-order valence-electron chi connectivity index (χ3n) is 2.85. The molecular weight excluding hydrogens is 314 g/mol. The van der Waals surface area contributed by atoms with Crippen LogP contribution in [0.1, 0.15) is 25.8 Å². The van der Waals surface area contributed by atoms with Crippen molar-refractivity contribution in [3.8, 4) is 0 Å². The molecule has 1 aromatic rings. The molecule has 0 saturated heterocycles. The first-order valence-corrected chi connectivity index (χ1v) is 8.32. The van der Waals surface area contributed by atoms with Gasteiger partial charge in [-0.2, -0.15) is 0 Å². The molecule has 0 amide bonds. The summed E-state index contributed by atoms with van der Waals surface area (Å²) in [5.74, 6) is -0.920. The van der Waals surface area contributed by atoms with E-state index in [1.165, 1.54) is 12.1 Å². The van der Waals surface area contributed by atoms with E-state index in [0.717, 1.165) is 5.56 Å². The quantitative estimate of drug-likeness (QED) is 0.612. The fourth-order valence-electron chi connectivity index (χ4n) is 1.79. The summed E-state index contributed by atoms with van der Waals surface area (Å²) in [6, 6.07) is 5.04. The fraction of sp³-hybridized carbons (Fsp3) is 0.429. The lowest BCUT2D eigenvalue weighted by Gasteiger charge is -2.18. The zero-order valence-electron chi connectivity index (χ0n) is 12.1. The van der Waals surface area contributed by atoms with Crippen LogP contribution in [-0.2, 0) is 19.6 Å². The van der Waals surface area contributed by atoms with Gasteiger partial charge < -0.3 is 0 Å². The van der Waals surface area contributed by atoms with Crippen molar-refractivity contribution in [2.45, 2.75) is 38.1 Å². The molecule has 0 aliphatic rings. The Labute approximate surface area is 129 Å². The molecule has 0 aliphatic heterocycles. The monoisotopic (exact) mass is 331 g/mol. The van der Waals surface area contributed by atoms with Gasteiger partial charge in [-0.15, -0.1) is 0 Å². The smallest absolute Gasteiger partial charge is 0.288 e. The standard InChI is InChI=1S/C14H18ClNO4S/c1-9(2)8-12(13(17)14(15)18)16-21(19,20)11-6-4-10(3)5-7-11/h4-7,9,12,16H,8H2,1-3H3. The van der Waals surface area contributed by atoms with E-state index in [1.807, 2.05) is 20.8 Å². The highest BCUT2D eigenvalue weighted by molar-refractivity contribution is 7.89. The van der Waals surface area contributed by atoms with Crippen LogP contribution in [0.4, 0.5) is 0 Å². The van der Waals surface area contributed by atoms with Crippen molar-refractivity contribution in [2.75, 3.05) is 0 Å². The molecule has 7 heteroatoms. The van der Waals surface area contributed by atoms with Crippen LogP contribution in [0.5, 0.6) is 0 Å². The SMILES string of the molecule is Cc1ccc(S(=O)(=O)NC(CC(C)C)C(=O)C(=O)Cl)cc1. The number of carbonyl (C=O) groups excluding carboxylic acids is 2. The molecule has 1 aromatic carbocycles. The summed E-state index contributed by atoms with van der Waals surface area (Å²) < 4.78 is 26.7. The van der Waals surface area contributed by atoms with Crippen molar-refractivity contribution in [3.05, 3.63) is 29.8 Å². The number of Topliss-reactive ketones (excluding diaryl/α,β-unsaturated/α-hetero) is 1. The Bertz CT molecular complexity index is 623. The average Bonchev–Trinajstić information content (AvgIpc) is 2.36. The number of benzene rings is 1. The van der Waals surface area contributed by atoms with Crippen molar-refractivity contribution in [3.63, 3.8) is 0 Å². The Kier molecular flexibility index (Phi) is 6.07. The van der Waals surface area contributed by atoms with Crippen molar-refractivity contribution >= 4 is 32.6 Å². The molecule has 0 aliphatic carbocycles. The van der Waals surface area contributed by atoms with E-state index in [4.69, 9.17) is 11.6 Å². The number of ketones is 1. The van der Waals surface area contributed by atoms with Crippen molar-refractivity contribution < 1.29 is 18.0 Å². The molecule has 0 heterocycles. The van der Waals surface area contributed by atoms with Gasteiger partial charge in [-0.25, -0.2) is 13.1 Å². The minimum Gasteiger partial charge on any atom is -0.288 e. The Hall–Kier alpha value is -1.24. The van der Waals surface area contributed by atoms with Crippen LogP contribution in [0.2, 0.25) is 0 Å². The van der Waals surface area contributed by atoms with Crippen LogP contribution in [0.15, 0.2) is 29.2 Å². The number of hydrogen-bond donors (Lipinski definition) is 1. The van der Waals surface area contributed by atoms with Crippen LogP contribution in [-0.4, -0.2) is 25.5 Å². The molecule has 0 saturated carbocycles. The molecular formula is C14H18ClNO4S. The van der Waals surface area contributed by atoms with Crippen LogP contribution in [0.3, 0.4) is 0 Å². The summed E-state index contributed by atoms with van der Waals surface area (Å²) in [4.78, 5) is 22.8. The Morgan fingerprint density at radius 2 is 1.71 bits per heavy atom. The summed E-state index contributed by atoms with van der Waals surface area (Å²) in [6.07, 6.45) is 0.197. The fourth-order valence-corrected chi connectivity index (χ4v) is 3.13. The van der Waals surface area contributed by atoms with Crippen molar-refractivity contribution in [1.29, 1.82) is 0 Å². The lowest BCUT2D eigenvalue weighted by molar-refractivity contribution is -0.133. The van der Waals surface area contributed by atoms with Gasteiger partial charge in [-0.1, -0.05) is 31.5 Å². The number of sulfonamides is 1. The molecule has 1 N–H and O–H groups in total. The number of carbonyl (C=O) groups is 2. The predicted molar refractivity (Wildman–Crippen MR) is 80.6 cm³/mol. The van der Waals surface area contributed by atoms with E-state index in [0.29, 0.717) is 0 Å². The first kappa shape index (κ1) is 17.8. The molecule has 1 unspecified atom stereocenters. The maximum Gasteiger partial charge on any atom is 0.289 e. The van der Waals surface area contributed by atoms with Gasteiger partial charge in [-0.05, 0) is 43.0 Å². The van der Waals surface area contributed by atoms with E-state index >= 15 is 0 Å². The van der Waals surface area contributed by atoms with Crippen molar-refractivity contribution in [1.82, 2.24) is 4.72 Å². The first-order chi connectivity index (χ1) is 9.63. The molecule has 0 aromatic heterocycles. The van der Waals surface area contributed by atoms with E-state index in [-0.39, 0.29) is 17.2 Å². The summed E-state index contributed by atoms with van der Waals surface area (Å²) in [6.45, 7) is 5.47. The third-order valence-corrected chi connectivity index (χ3v) is 4.52. The molecule has 0 radical (unpaired) electrons. The topological polar surface area (TPSA) is 80.3 Å². The van der Waals surface area contributed by atoms with E-state index in [1.54, 1.807) is 12.1 Å². The maximum atomic E-state index is 12.2. The van der Waals surface area contributed by atoms with E-state index in [9.17, 15) is 18.0 Å². The lowest BCUT2D eigenvalue weighted by Crippen LogP contribution is -2.43. The minimum atomic E-state index is -3.88. The molecule has 0 spiro atoms. The van der Waals surface area contributed by atoms with Gasteiger partial charge in [0.2, 0.25) is 15.8 Å². The first-order valence-electron chi connectivity index (χ1n) is 6.46. The van der Waals surface area contributed by atoms with Crippen LogP contribution >= 0.6 is 11.6 Å². The molecule has 1 atom stereocenters. The third kappa shape index (κ3) is 5.22. The summed E-state index contributed by atoms with van der Waals surface area (Å²) >= 11 is 5.18. The van der Waals surface area contributed by atoms with Crippen molar-refractivity contribution in [2.24, 2.45) is 5.92 Å². The molecule has 116 valence electrons. The van der Waals surface area contributed by atoms with Gasteiger partial charge in [0.05, 0.1) is 10.9 Å². The molecule has 21 heavy (non-hydrogen) atoms. The normalized spacial score (nSPS) is 13.2. The van der Waals surface area contributed by atoms with Gasteiger partial charge in [-0.3, -0.25) is 9.59 Å². The molecule has 1 rings (SSSR count). The van der Waals surface area contributed by atoms with Gasteiger partial charge in [0.1, 0.15) is 0 Å². The summed E-state index contributed by atoms with van der Waals surface area (Å²) in [5.41, 5.74) is 0.916. The van der Waals surface area contributed by atoms with Crippen LogP contribution in [0.25, 0.3) is 0 Å². The second-order valence-electron chi connectivity index (χ2n) is 5.25. The second kappa shape index (κ2) is 7.15. The number of hydrogen-bond acceptors (Lipinski definition) is 4. The van der Waals surface area contributed by atoms with Gasteiger partial charge >= 0.3 is 0 Å². The van der Waals surface area contributed by atoms with E-state index in [2.05, 4.69) is 4.72 Å². The highest BCUT2D eigenvalue weighted by Crippen LogP contribution is 2.14. The zero-order valence-corrected chi connectivity index (χ0v) is 13.7. The molecule has 0 fully saturated rings. The number of nitrogens with one attached hydrogen (secondary N) is 1. The zero-order chi connectivity index (χ0) is 16.2. The highest BCUT2D eigenvalue weighted by Gasteiger charge is 2.29. The Morgan fingerprint density at radius 3 is 2.14 bits per heavy atom. The molecule has 5 nitrogen and oxygen atoms in total. The minimum absolute atomic E-state index is 0.0238. The predicted octanol–water partition coefficient (Wildman–Crippen LogP) is 2.02. The summed E-state index contributed by atoms with van der Waals surface area (Å²) in [5, 5.41) is -1.17. The van der Waals surface area contributed by atoms with Crippen LogP contribution < -0.4 is 4.72 Å².